The fourth-order valence-electron chi connectivity index (χ4n) is 4.70. The Hall–Kier alpha value is -3.71. The first-order valence-electron chi connectivity index (χ1n) is 11.8. The van der Waals surface area contributed by atoms with Crippen LogP contribution in [-0.4, -0.2) is 31.7 Å². The predicted molar refractivity (Wildman–Crippen MR) is 137 cm³/mol. The Kier molecular flexibility index (Phi) is 5.60. The molecule has 7 heteroatoms. The lowest BCUT2D eigenvalue weighted by atomic mass is 10.00. The van der Waals surface area contributed by atoms with Gasteiger partial charge in [0.05, 0.1) is 11.2 Å². The first-order valence-corrected chi connectivity index (χ1v) is 11.8. The van der Waals surface area contributed by atoms with Crippen molar-refractivity contribution in [2.75, 3.05) is 0 Å². The second-order valence-electron chi connectivity index (χ2n) is 10.2. The number of hydrogen-bond acceptors (Lipinski definition) is 5. The highest BCUT2D eigenvalue weighted by atomic mass is 16.6. The first kappa shape index (κ1) is 23.1. The maximum absolute atomic E-state index is 13.0. The fourth-order valence-corrected chi connectivity index (χ4v) is 4.70. The van der Waals surface area contributed by atoms with Crippen LogP contribution >= 0.6 is 0 Å². The summed E-state index contributed by atoms with van der Waals surface area (Å²) >= 11 is 0. The number of aryl methyl sites for hydroxylation is 2. The van der Waals surface area contributed by atoms with Crippen LogP contribution in [0.1, 0.15) is 37.7 Å². The molecule has 0 saturated carbocycles. The van der Waals surface area contributed by atoms with Crippen molar-refractivity contribution in [2.24, 2.45) is 7.05 Å². The number of ether oxygens (including phenoxy) is 1. The topological polar surface area (TPSA) is 78.1 Å². The Morgan fingerprint density at radius 1 is 1.11 bits per heavy atom. The van der Waals surface area contributed by atoms with Gasteiger partial charge >= 0.3 is 5.97 Å². The minimum atomic E-state index is -0.522. The van der Waals surface area contributed by atoms with Gasteiger partial charge in [-0.15, -0.1) is 0 Å². The molecule has 4 heterocycles. The molecule has 0 spiro atoms. The summed E-state index contributed by atoms with van der Waals surface area (Å²) < 4.78 is 9.37. The van der Waals surface area contributed by atoms with Gasteiger partial charge in [-0.25, -0.2) is 0 Å². The molecule has 7 nitrogen and oxygen atoms in total. The fraction of sp³-hybridized carbons (Fsp3) is 0.321. The Bertz CT molecular complexity index is 1490. The van der Waals surface area contributed by atoms with E-state index in [1.807, 2.05) is 71.3 Å². The molecule has 1 unspecified atom stereocenters. The number of esters is 1. The van der Waals surface area contributed by atoms with E-state index in [4.69, 9.17) is 4.74 Å². The van der Waals surface area contributed by atoms with Gasteiger partial charge < -0.3 is 9.30 Å². The van der Waals surface area contributed by atoms with Crippen LogP contribution in [0.2, 0.25) is 0 Å². The minimum absolute atomic E-state index is 0.104. The first-order chi connectivity index (χ1) is 16.6. The van der Waals surface area contributed by atoms with Gasteiger partial charge in [-0.3, -0.25) is 24.5 Å². The lowest BCUT2D eigenvalue weighted by Crippen LogP contribution is -2.45. The number of nitrogens with one attached hydrogen (secondary N) is 1. The summed E-state index contributed by atoms with van der Waals surface area (Å²) in [5, 5.41) is 4.46. The molecule has 0 aliphatic carbocycles. The van der Waals surface area contributed by atoms with E-state index in [0.29, 0.717) is 13.0 Å². The third-order valence-corrected chi connectivity index (χ3v) is 6.48. The Morgan fingerprint density at radius 2 is 1.91 bits per heavy atom. The van der Waals surface area contributed by atoms with Crippen LogP contribution in [0.15, 0.2) is 59.7 Å². The molecule has 4 aromatic rings. The van der Waals surface area contributed by atoms with E-state index in [9.17, 15) is 9.59 Å². The van der Waals surface area contributed by atoms with E-state index >= 15 is 0 Å². The van der Waals surface area contributed by atoms with Gasteiger partial charge in [-0.05, 0) is 63.1 Å². The Morgan fingerprint density at radius 3 is 2.60 bits per heavy atom. The maximum atomic E-state index is 13.0. The zero-order chi connectivity index (χ0) is 24.9. The molecule has 5 rings (SSSR count). The van der Waals surface area contributed by atoms with Crippen molar-refractivity contribution in [1.29, 1.82) is 0 Å². The number of pyridine rings is 2. The molecule has 35 heavy (non-hydrogen) atoms. The van der Waals surface area contributed by atoms with Gasteiger partial charge in [0, 0.05) is 60.8 Å². The number of carbonyl (C=O) groups excluding carboxylic acids is 1. The van der Waals surface area contributed by atoms with Gasteiger partial charge in [-0.1, -0.05) is 12.1 Å². The average Bonchev–Trinajstić information content (AvgIpc) is 3.09. The van der Waals surface area contributed by atoms with Crippen molar-refractivity contribution < 1.29 is 9.53 Å². The predicted octanol–water partition coefficient (Wildman–Crippen LogP) is 4.06. The lowest BCUT2D eigenvalue weighted by molar-refractivity contribution is -0.157. The quantitative estimate of drug-likeness (QED) is 0.457. The summed E-state index contributed by atoms with van der Waals surface area (Å²) in [4.78, 5) is 30.0. The molecule has 3 aromatic heterocycles. The van der Waals surface area contributed by atoms with Crippen LogP contribution in [0.5, 0.6) is 0 Å². The summed E-state index contributed by atoms with van der Waals surface area (Å²) in [5.41, 5.74) is 6.19. The Labute approximate surface area is 204 Å². The largest absolute Gasteiger partial charge is 0.459 e. The smallest absolute Gasteiger partial charge is 0.324 e. The molecule has 1 N–H and O–H groups in total. The lowest BCUT2D eigenvalue weighted by Gasteiger charge is -2.27. The number of benzene rings is 1. The normalized spacial score (nSPS) is 15.7. The van der Waals surface area contributed by atoms with Gasteiger partial charge in [0.1, 0.15) is 11.6 Å². The highest BCUT2D eigenvalue weighted by molar-refractivity contribution is 5.88. The molecule has 1 aromatic carbocycles. The van der Waals surface area contributed by atoms with E-state index in [1.165, 1.54) is 5.56 Å². The van der Waals surface area contributed by atoms with Crippen molar-refractivity contribution in [2.45, 2.75) is 52.3 Å². The van der Waals surface area contributed by atoms with E-state index in [2.05, 4.69) is 20.9 Å². The number of hydrogen-bond donors (Lipinski definition) is 1. The zero-order valence-corrected chi connectivity index (χ0v) is 20.8. The molecule has 0 amide bonds. The van der Waals surface area contributed by atoms with Crippen molar-refractivity contribution in [3.63, 3.8) is 0 Å². The molecular weight excluding hydrogens is 440 g/mol. The van der Waals surface area contributed by atoms with Crippen molar-refractivity contribution in [3.05, 3.63) is 82.2 Å². The van der Waals surface area contributed by atoms with E-state index in [0.717, 1.165) is 39.1 Å². The van der Waals surface area contributed by atoms with E-state index in [-0.39, 0.29) is 17.6 Å². The van der Waals surface area contributed by atoms with Gasteiger partial charge in [0.15, 0.2) is 0 Å². The third kappa shape index (κ3) is 4.39. The number of nitrogens with zero attached hydrogens (tertiary/aromatic N) is 3. The van der Waals surface area contributed by atoms with Gasteiger partial charge in [-0.2, -0.15) is 0 Å². The second-order valence-corrected chi connectivity index (χ2v) is 10.2. The Balaban J connectivity index is 1.47. The van der Waals surface area contributed by atoms with Crippen molar-refractivity contribution >= 4 is 16.9 Å². The summed E-state index contributed by atoms with van der Waals surface area (Å²) in [7, 11) is 2.01. The summed E-state index contributed by atoms with van der Waals surface area (Å²) in [6, 6.07) is 13.2. The zero-order valence-electron chi connectivity index (χ0n) is 20.8. The van der Waals surface area contributed by atoms with E-state index < -0.39 is 5.60 Å². The third-order valence-electron chi connectivity index (χ3n) is 6.48. The van der Waals surface area contributed by atoms with Crippen LogP contribution in [0.4, 0.5) is 0 Å². The van der Waals surface area contributed by atoms with Crippen LogP contribution in [0, 0.1) is 6.92 Å². The van der Waals surface area contributed by atoms with Gasteiger partial charge in [0.25, 0.3) is 5.56 Å². The van der Waals surface area contributed by atoms with Crippen molar-refractivity contribution in [1.82, 2.24) is 19.4 Å². The molecule has 180 valence electrons. The molecule has 1 aliphatic rings. The molecule has 0 radical (unpaired) electrons. The molecular formula is C28H30N4O3. The van der Waals surface area contributed by atoms with Crippen LogP contribution < -0.4 is 10.9 Å². The number of aromatic nitrogens is 3. The van der Waals surface area contributed by atoms with Crippen molar-refractivity contribution in [3.8, 4) is 16.8 Å². The maximum Gasteiger partial charge on any atom is 0.324 e. The van der Waals surface area contributed by atoms with E-state index in [1.54, 1.807) is 16.8 Å². The number of fused-ring (bicyclic) bond motifs is 3. The highest BCUT2D eigenvalue weighted by Gasteiger charge is 2.31. The highest BCUT2D eigenvalue weighted by Crippen LogP contribution is 2.31. The second kappa shape index (κ2) is 8.50. The van der Waals surface area contributed by atoms with Crippen LogP contribution in [0.3, 0.4) is 0 Å². The molecule has 1 aliphatic heterocycles. The minimum Gasteiger partial charge on any atom is -0.459 e. The summed E-state index contributed by atoms with van der Waals surface area (Å²) in [6.45, 7) is 8.17. The van der Waals surface area contributed by atoms with Crippen LogP contribution in [-0.2, 0) is 29.5 Å². The molecule has 0 bridgehead atoms. The van der Waals surface area contributed by atoms with Crippen LogP contribution in [0.25, 0.3) is 27.7 Å². The van der Waals surface area contributed by atoms with Gasteiger partial charge in [0.2, 0.25) is 0 Å². The molecule has 1 atom stereocenters. The monoisotopic (exact) mass is 470 g/mol. The summed E-state index contributed by atoms with van der Waals surface area (Å²) in [6.07, 6.45) is 4.15. The SMILES string of the molecule is Cc1ccc(-c2ccn(-c3ccc4c5c(n(C)c4c3)CC(C(=O)OC(C)(C)C)NC5)c(=O)c2)cn1. The molecule has 0 fully saturated rings. The number of rotatable bonds is 3. The summed E-state index contributed by atoms with van der Waals surface area (Å²) in [5.74, 6) is -0.232. The average molecular weight is 471 g/mol. The number of carbonyl (C=O) groups is 1. The molecule has 0 saturated heterocycles. The standard InChI is InChI=1S/C28H30N4O3/c1-17-6-7-19(15-29-17)18-10-11-32(26(33)12-18)20-8-9-21-22-16-30-23(27(34)35-28(2,3)4)14-25(22)31(5)24(21)13-20/h6-13,15,23,30H,14,16H2,1-5H3.